The third-order valence-corrected chi connectivity index (χ3v) is 3.81. The van der Waals surface area contributed by atoms with Crippen LogP contribution in [0.3, 0.4) is 0 Å². The molecule has 1 aromatic rings. The molecule has 1 rings (SSSR count). The Morgan fingerprint density at radius 2 is 1.73 bits per heavy atom. The molecule has 6 heteroatoms. The molecule has 3 N–H and O–H groups in total. The van der Waals surface area contributed by atoms with Crippen molar-refractivity contribution >= 4 is 30.0 Å². The van der Waals surface area contributed by atoms with Crippen LogP contribution in [0.5, 0.6) is 0 Å². The maximum Gasteiger partial charge on any atom is 0.307 e. The van der Waals surface area contributed by atoms with Crippen molar-refractivity contribution in [1.29, 1.82) is 0 Å². The highest BCUT2D eigenvalue weighted by Crippen LogP contribution is 2.21. The van der Waals surface area contributed by atoms with Crippen molar-refractivity contribution in [3.8, 4) is 0 Å². The first-order chi connectivity index (χ1) is 9.94. The second kappa shape index (κ2) is 9.30. The van der Waals surface area contributed by atoms with Crippen LogP contribution in [0.25, 0.3) is 0 Å². The van der Waals surface area contributed by atoms with Crippen molar-refractivity contribution in [3.05, 3.63) is 29.8 Å². The van der Waals surface area contributed by atoms with E-state index in [1.54, 1.807) is 12.1 Å². The van der Waals surface area contributed by atoms with Gasteiger partial charge in [0, 0.05) is 11.2 Å². The third-order valence-electron chi connectivity index (χ3n) is 3.81. The van der Waals surface area contributed by atoms with E-state index in [4.69, 9.17) is 10.5 Å². The van der Waals surface area contributed by atoms with Crippen molar-refractivity contribution in [2.24, 2.45) is 0 Å². The summed E-state index contributed by atoms with van der Waals surface area (Å²) in [7, 11) is 1.36. The van der Waals surface area contributed by atoms with E-state index in [9.17, 15) is 9.59 Å². The molecular weight excluding hydrogens is 304 g/mol. The normalized spacial score (nSPS) is 10.5. The highest BCUT2D eigenvalue weighted by Gasteiger charge is 2.31. The molecule has 0 spiro atoms. The predicted octanol–water partition coefficient (Wildman–Crippen LogP) is 2.47. The van der Waals surface area contributed by atoms with Crippen molar-refractivity contribution in [1.82, 2.24) is 5.32 Å². The molecule has 0 aliphatic rings. The van der Waals surface area contributed by atoms with Gasteiger partial charge in [-0.25, -0.2) is 0 Å². The Morgan fingerprint density at radius 3 is 2.18 bits per heavy atom. The molecule has 0 unspecified atom stereocenters. The van der Waals surface area contributed by atoms with Crippen LogP contribution in [0.1, 0.15) is 38.7 Å². The molecule has 0 aromatic heterocycles. The summed E-state index contributed by atoms with van der Waals surface area (Å²) in [4.78, 5) is 23.7. The molecular formula is C16H25ClN2O3. The molecule has 0 atom stereocenters. The van der Waals surface area contributed by atoms with Gasteiger partial charge in [-0.1, -0.05) is 26.0 Å². The van der Waals surface area contributed by atoms with Crippen LogP contribution in [0.2, 0.25) is 0 Å². The maximum atomic E-state index is 12.2. The largest absolute Gasteiger partial charge is 0.469 e. The lowest BCUT2D eigenvalue weighted by Crippen LogP contribution is -2.49. The first kappa shape index (κ1) is 20.2. The number of nitrogens with one attached hydrogen (secondary N) is 1. The number of esters is 1. The zero-order valence-electron chi connectivity index (χ0n) is 13.3. The molecule has 0 fully saturated rings. The van der Waals surface area contributed by atoms with Gasteiger partial charge < -0.3 is 15.8 Å². The number of hydrogen-bond acceptors (Lipinski definition) is 4. The number of amides is 1. The van der Waals surface area contributed by atoms with Crippen molar-refractivity contribution in [3.63, 3.8) is 0 Å². The molecule has 22 heavy (non-hydrogen) atoms. The summed E-state index contributed by atoms with van der Waals surface area (Å²) in [6.07, 6.45) is 1.80. The average Bonchev–Trinajstić information content (AvgIpc) is 2.48. The SMILES string of the molecule is CCC(CC)(CC(=O)OC)NC(=O)Cc1ccc(N)cc1.Cl. The minimum Gasteiger partial charge on any atom is -0.469 e. The Balaban J connectivity index is 0.00000441. The maximum absolute atomic E-state index is 12.2. The van der Waals surface area contributed by atoms with Crippen LogP contribution in [-0.4, -0.2) is 24.5 Å². The summed E-state index contributed by atoms with van der Waals surface area (Å²) < 4.78 is 4.72. The first-order valence-corrected chi connectivity index (χ1v) is 7.17. The summed E-state index contributed by atoms with van der Waals surface area (Å²) in [6.45, 7) is 3.91. The van der Waals surface area contributed by atoms with Crippen LogP contribution in [-0.2, 0) is 20.7 Å². The lowest BCUT2D eigenvalue weighted by molar-refractivity contribution is -0.142. The smallest absolute Gasteiger partial charge is 0.307 e. The van der Waals surface area contributed by atoms with E-state index >= 15 is 0 Å². The van der Waals surface area contributed by atoms with Gasteiger partial charge in [-0.05, 0) is 30.5 Å². The summed E-state index contributed by atoms with van der Waals surface area (Å²) in [5, 5.41) is 2.99. The van der Waals surface area contributed by atoms with Crippen LogP contribution in [0.4, 0.5) is 5.69 Å². The minimum absolute atomic E-state index is 0. The second-order valence-electron chi connectivity index (χ2n) is 5.21. The van der Waals surface area contributed by atoms with Gasteiger partial charge in [0.2, 0.25) is 5.91 Å². The van der Waals surface area contributed by atoms with Gasteiger partial charge in [-0.2, -0.15) is 0 Å². The molecule has 0 bridgehead atoms. The lowest BCUT2D eigenvalue weighted by Gasteiger charge is -2.32. The average molecular weight is 329 g/mol. The van der Waals surface area contributed by atoms with Gasteiger partial charge in [0.05, 0.1) is 20.0 Å². The van der Waals surface area contributed by atoms with E-state index in [0.717, 1.165) is 5.56 Å². The Kier molecular flexibility index (Phi) is 8.56. The predicted molar refractivity (Wildman–Crippen MR) is 89.9 cm³/mol. The number of ether oxygens (including phenoxy) is 1. The number of carbonyl (C=O) groups excluding carboxylic acids is 2. The van der Waals surface area contributed by atoms with Gasteiger partial charge in [-0.15, -0.1) is 12.4 Å². The first-order valence-electron chi connectivity index (χ1n) is 7.17. The van der Waals surface area contributed by atoms with E-state index in [-0.39, 0.29) is 37.1 Å². The van der Waals surface area contributed by atoms with Gasteiger partial charge in [0.25, 0.3) is 0 Å². The highest BCUT2D eigenvalue weighted by molar-refractivity contribution is 5.85. The van der Waals surface area contributed by atoms with Gasteiger partial charge >= 0.3 is 5.97 Å². The molecule has 1 amide bonds. The standard InChI is InChI=1S/C16H24N2O3.ClH/c1-4-16(5-2,11-15(20)21-3)18-14(19)10-12-6-8-13(17)9-7-12;/h6-9H,4-5,10-11,17H2,1-3H3,(H,18,19);1H. The van der Waals surface area contributed by atoms with Crippen LogP contribution in [0.15, 0.2) is 24.3 Å². The molecule has 0 aliphatic heterocycles. The quantitative estimate of drug-likeness (QED) is 0.595. The molecule has 0 saturated carbocycles. The van der Waals surface area contributed by atoms with Gasteiger partial charge in [0.15, 0.2) is 0 Å². The number of carbonyl (C=O) groups is 2. The molecule has 0 radical (unpaired) electrons. The number of anilines is 1. The van der Waals surface area contributed by atoms with Crippen LogP contribution in [0, 0.1) is 0 Å². The fourth-order valence-corrected chi connectivity index (χ4v) is 2.23. The second-order valence-corrected chi connectivity index (χ2v) is 5.21. The number of halogens is 1. The molecule has 0 heterocycles. The summed E-state index contributed by atoms with van der Waals surface area (Å²) in [5.41, 5.74) is 6.63. The monoisotopic (exact) mass is 328 g/mol. The number of methoxy groups -OCH3 is 1. The fourth-order valence-electron chi connectivity index (χ4n) is 2.23. The van der Waals surface area contributed by atoms with Gasteiger partial charge in [0.1, 0.15) is 0 Å². The van der Waals surface area contributed by atoms with Crippen LogP contribution >= 0.6 is 12.4 Å². The molecule has 1 aromatic carbocycles. The number of hydrogen-bond donors (Lipinski definition) is 2. The fraction of sp³-hybridized carbons (Fsp3) is 0.500. The van der Waals surface area contributed by atoms with Crippen molar-refractivity contribution < 1.29 is 14.3 Å². The Morgan fingerprint density at radius 1 is 1.18 bits per heavy atom. The number of nitrogens with two attached hydrogens (primary N) is 1. The molecule has 5 nitrogen and oxygen atoms in total. The lowest BCUT2D eigenvalue weighted by atomic mass is 9.88. The molecule has 0 aliphatic carbocycles. The van der Waals surface area contributed by atoms with E-state index < -0.39 is 5.54 Å². The summed E-state index contributed by atoms with van der Waals surface area (Å²) in [5.74, 6) is -0.418. The number of rotatable bonds is 7. The number of nitrogen functional groups attached to an aromatic ring is 1. The third kappa shape index (κ3) is 5.93. The van der Waals surface area contributed by atoms with E-state index in [1.165, 1.54) is 7.11 Å². The Hall–Kier alpha value is -1.75. The van der Waals surface area contributed by atoms with E-state index in [0.29, 0.717) is 18.5 Å². The zero-order chi connectivity index (χ0) is 15.9. The van der Waals surface area contributed by atoms with Gasteiger partial charge in [-0.3, -0.25) is 9.59 Å². The minimum atomic E-state index is -0.544. The molecule has 0 saturated heterocycles. The van der Waals surface area contributed by atoms with Crippen molar-refractivity contribution in [2.75, 3.05) is 12.8 Å². The molecule has 124 valence electrons. The van der Waals surface area contributed by atoms with E-state index in [2.05, 4.69) is 5.32 Å². The Bertz CT molecular complexity index is 485. The summed E-state index contributed by atoms with van der Waals surface area (Å²) in [6, 6.07) is 7.19. The topological polar surface area (TPSA) is 81.4 Å². The number of benzene rings is 1. The van der Waals surface area contributed by atoms with E-state index in [1.807, 2.05) is 26.0 Å². The summed E-state index contributed by atoms with van der Waals surface area (Å²) >= 11 is 0. The zero-order valence-corrected chi connectivity index (χ0v) is 14.2. The van der Waals surface area contributed by atoms with Crippen molar-refractivity contribution in [2.45, 2.75) is 45.1 Å². The highest BCUT2D eigenvalue weighted by atomic mass is 35.5. The van der Waals surface area contributed by atoms with Crippen LogP contribution < -0.4 is 11.1 Å². The Labute approximate surface area is 138 Å².